The monoisotopic (exact) mass is 356 g/mol. The molecule has 0 aliphatic carbocycles. The average Bonchev–Trinajstić information content (AvgIpc) is 2.73. The van der Waals surface area contributed by atoms with Gasteiger partial charge < -0.3 is 10.2 Å². The van der Waals surface area contributed by atoms with Crippen LogP contribution in [0.3, 0.4) is 0 Å². The highest BCUT2D eigenvalue weighted by Crippen LogP contribution is 2.16. The Balaban J connectivity index is 1.79. The van der Waals surface area contributed by atoms with Crippen molar-refractivity contribution in [1.29, 1.82) is 5.26 Å². The van der Waals surface area contributed by atoms with E-state index in [1.54, 1.807) is 31.3 Å². The van der Waals surface area contributed by atoms with Gasteiger partial charge in [0.1, 0.15) is 5.69 Å². The fourth-order valence-corrected chi connectivity index (χ4v) is 2.50. The minimum Gasteiger partial charge on any atom is -0.322 e. The highest BCUT2D eigenvalue weighted by atomic mass is 16.2. The largest absolute Gasteiger partial charge is 0.322 e. The predicted molar refractivity (Wildman–Crippen MR) is 103 cm³/mol. The lowest BCUT2D eigenvalue weighted by Gasteiger charge is -2.17. The Labute approximate surface area is 156 Å². The number of anilines is 2. The van der Waals surface area contributed by atoms with Crippen LogP contribution in [0.15, 0.2) is 72.9 Å². The molecule has 6 heteroatoms. The van der Waals surface area contributed by atoms with E-state index < -0.39 is 0 Å². The van der Waals surface area contributed by atoms with Crippen LogP contribution in [0.4, 0.5) is 11.4 Å². The Hall–Kier alpha value is -3.98. The molecule has 0 unspecified atom stereocenters. The summed E-state index contributed by atoms with van der Waals surface area (Å²) in [7, 11) is 1.65. The molecule has 1 heterocycles. The molecule has 6 nitrogen and oxygen atoms in total. The summed E-state index contributed by atoms with van der Waals surface area (Å²) in [5, 5.41) is 11.7. The van der Waals surface area contributed by atoms with Crippen molar-refractivity contribution in [2.75, 3.05) is 17.3 Å². The van der Waals surface area contributed by atoms with Crippen molar-refractivity contribution in [3.05, 3.63) is 89.7 Å². The number of hydrogen-bond acceptors (Lipinski definition) is 4. The summed E-state index contributed by atoms with van der Waals surface area (Å²) in [6.07, 6.45) is 1.42. The lowest BCUT2D eigenvalue weighted by Crippen LogP contribution is -2.27. The number of nitrogens with zero attached hydrogens (tertiary/aromatic N) is 3. The second-order valence-electron chi connectivity index (χ2n) is 5.78. The van der Waals surface area contributed by atoms with Crippen molar-refractivity contribution in [3.63, 3.8) is 0 Å². The number of carbonyl (C=O) groups is 2. The molecule has 2 amide bonds. The number of amides is 2. The highest BCUT2D eigenvalue weighted by Gasteiger charge is 2.17. The van der Waals surface area contributed by atoms with Crippen LogP contribution in [0.25, 0.3) is 0 Å². The molecule has 132 valence electrons. The first-order valence-electron chi connectivity index (χ1n) is 8.19. The summed E-state index contributed by atoms with van der Waals surface area (Å²) in [6.45, 7) is 0. The van der Waals surface area contributed by atoms with Gasteiger partial charge in [0.25, 0.3) is 11.8 Å². The number of benzene rings is 2. The number of nitriles is 1. The van der Waals surface area contributed by atoms with Crippen molar-refractivity contribution in [3.8, 4) is 6.07 Å². The summed E-state index contributed by atoms with van der Waals surface area (Å²) in [4.78, 5) is 30.7. The van der Waals surface area contributed by atoms with Crippen LogP contribution < -0.4 is 10.2 Å². The summed E-state index contributed by atoms with van der Waals surface area (Å²) >= 11 is 0. The topological polar surface area (TPSA) is 86.1 Å². The molecule has 0 aliphatic rings. The normalized spacial score (nSPS) is 9.93. The molecule has 0 radical (unpaired) electrons. The summed E-state index contributed by atoms with van der Waals surface area (Å²) < 4.78 is 0. The third-order valence-electron chi connectivity index (χ3n) is 3.94. The Bertz CT molecular complexity index is 1030. The van der Waals surface area contributed by atoms with Crippen LogP contribution >= 0.6 is 0 Å². The van der Waals surface area contributed by atoms with E-state index in [4.69, 9.17) is 5.26 Å². The number of carbonyl (C=O) groups excluding carboxylic acids is 2. The highest BCUT2D eigenvalue weighted by molar-refractivity contribution is 6.08. The SMILES string of the molecule is CN(C(=O)c1cc(C(=O)Nc2cccc(C#N)c2)ccn1)c1ccccc1. The molecule has 2 aromatic carbocycles. The predicted octanol–water partition coefficient (Wildman–Crippen LogP) is 3.48. The molecule has 0 aliphatic heterocycles. The van der Waals surface area contributed by atoms with E-state index in [1.807, 2.05) is 36.4 Å². The van der Waals surface area contributed by atoms with Gasteiger partial charge in [-0.3, -0.25) is 14.6 Å². The van der Waals surface area contributed by atoms with Crippen LogP contribution in [-0.2, 0) is 0 Å². The molecule has 0 saturated heterocycles. The van der Waals surface area contributed by atoms with Gasteiger partial charge in [0.15, 0.2) is 0 Å². The van der Waals surface area contributed by atoms with Crippen LogP contribution in [0.5, 0.6) is 0 Å². The molecule has 0 spiro atoms. The zero-order valence-electron chi connectivity index (χ0n) is 14.6. The molecule has 3 aromatic rings. The standard InChI is InChI=1S/C21H16N4O2/c1-25(18-8-3-2-4-9-18)21(27)19-13-16(10-11-23-19)20(26)24-17-7-5-6-15(12-17)14-22/h2-13H,1H3,(H,24,26). The zero-order chi connectivity index (χ0) is 19.2. The lowest BCUT2D eigenvalue weighted by atomic mass is 10.1. The number of aromatic nitrogens is 1. The maximum absolute atomic E-state index is 12.7. The number of hydrogen-bond donors (Lipinski definition) is 1. The average molecular weight is 356 g/mol. The van der Waals surface area contributed by atoms with Gasteiger partial charge in [-0.1, -0.05) is 24.3 Å². The van der Waals surface area contributed by atoms with Crippen molar-refractivity contribution in [2.24, 2.45) is 0 Å². The van der Waals surface area contributed by atoms with Crippen molar-refractivity contribution in [1.82, 2.24) is 4.98 Å². The van der Waals surface area contributed by atoms with Gasteiger partial charge in [-0.15, -0.1) is 0 Å². The molecule has 0 atom stereocenters. The second kappa shape index (κ2) is 7.93. The van der Waals surface area contributed by atoms with E-state index in [9.17, 15) is 9.59 Å². The maximum atomic E-state index is 12.7. The smallest absolute Gasteiger partial charge is 0.276 e. The molecule has 0 fully saturated rings. The van der Waals surface area contributed by atoms with Crippen molar-refractivity contribution < 1.29 is 9.59 Å². The molecule has 27 heavy (non-hydrogen) atoms. The fraction of sp³-hybridized carbons (Fsp3) is 0.0476. The van der Waals surface area contributed by atoms with E-state index in [0.717, 1.165) is 5.69 Å². The molecule has 1 aromatic heterocycles. The van der Waals surface area contributed by atoms with Gasteiger partial charge in [-0.25, -0.2) is 0 Å². The van der Waals surface area contributed by atoms with E-state index in [-0.39, 0.29) is 17.5 Å². The van der Waals surface area contributed by atoms with E-state index in [1.165, 1.54) is 23.2 Å². The van der Waals surface area contributed by atoms with E-state index >= 15 is 0 Å². The maximum Gasteiger partial charge on any atom is 0.276 e. The number of nitrogens with one attached hydrogen (secondary N) is 1. The first-order valence-corrected chi connectivity index (χ1v) is 8.19. The van der Waals surface area contributed by atoms with E-state index in [2.05, 4.69) is 10.3 Å². The summed E-state index contributed by atoms with van der Waals surface area (Å²) in [5.74, 6) is -0.703. The Morgan fingerprint density at radius 2 is 1.81 bits per heavy atom. The Kier molecular flexibility index (Phi) is 5.24. The molecule has 1 N–H and O–H groups in total. The third kappa shape index (κ3) is 4.17. The first-order chi connectivity index (χ1) is 13.1. The van der Waals surface area contributed by atoms with Crippen molar-refractivity contribution in [2.45, 2.75) is 0 Å². The minimum absolute atomic E-state index is 0.166. The van der Waals surface area contributed by atoms with Gasteiger partial charge in [-0.2, -0.15) is 5.26 Å². The van der Waals surface area contributed by atoms with Crippen molar-refractivity contribution >= 4 is 23.2 Å². The minimum atomic E-state index is -0.385. The molecule has 0 saturated carbocycles. The number of pyridine rings is 1. The molecular weight excluding hydrogens is 340 g/mol. The first kappa shape index (κ1) is 17.8. The molecular formula is C21H16N4O2. The van der Waals surface area contributed by atoms with Gasteiger partial charge in [-0.05, 0) is 42.5 Å². The van der Waals surface area contributed by atoms with Gasteiger partial charge in [0, 0.05) is 30.2 Å². The Morgan fingerprint density at radius 3 is 2.56 bits per heavy atom. The summed E-state index contributed by atoms with van der Waals surface area (Å²) in [5.41, 5.74) is 2.15. The van der Waals surface area contributed by atoms with Gasteiger partial charge in [0.05, 0.1) is 11.6 Å². The second-order valence-corrected chi connectivity index (χ2v) is 5.78. The van der Waals surface area contributed by atoms with Crippen LogP contribution in [0.2, 0.25) is 0 Å². The summed E-state index contributed by atoms with van der Waals surface area (Å²) in [6, 6.07) is 20.8. The fourth-order valence-electron chi connectivity index (χ4n) is 2.50. The molecule has 0 bridgehead atoms. The lowest BCUT2D eigenvalue weighted by molar-refractivity contribution is 0.0988. The zero-order valence-corrected chi connectivity index (χ0v) is 14.6. The number of para-hydroxylation sites is 1. The quantitative estimate of drug-likeness (QED) is 0.775. The van der Waals surface area contributed by atoms with Crippen LogP contribution in [0.1, 0.15) is 26.4 Å². The molecule has 3 rings (SSSR count). The van der Waals surface area contributed by atoms with Crippen LogP contribution in [-0.4, -0.2) is 23.8 Å². The Morgan fingerprint density at radius 1 is 1.04 bits per heavy atom. The van der Waals surface area contributed by atoms with E-state index in [0.29, 0.717) is 16.8 Å². The van der Waals surface area contributed by atoms with Gasteiger partial charge >= 0.3 is 0 Å². The third-order valence-corrected chi connectivity index (χ3v) is 3.94. The van der Waals surface area contributed by atoms with Gasteiger partial charge in [0.2, 0.25) is 0 Å². The number of rotatable bonds is 4. The van der Waals surface area contributed by atoms with Crippen LogP contribution in [0, 0.1) is 11.3 Å².